The minimum absolute atomic E-state index is 0.193. The van der Waals surface area contributed by atoms with Gasteiger partial charge in [-0.1, -0.05) is 43.3 Å². The first kappa shape index (κ1) is 18.4. The van der Waals surface area contributed by atoms with Gasteiger partial charge in [-0.2, -0.15) is 0 Å². The lowest BCUT2D eigenvalue weighted by molar-refractivity contribution is 0.101. The molecule has 136 valence electrons. The maximum Gasteiger partial charge on any atom is 0.255 e. The van der Waals surface area contributed by atoms with Crippen LogP contribution in [0.3, 0.4) is 0 Å². The molecule has 0 aliphatic rings. The van der Waals surface area contributed by atoms with Crippen molar-refractivity contribution in [2.24, 2.45) is 0 Å². The molecule has 0 saturated carbocycles. The zero-order valence-corrected chi connectivity index (χ0v) is 15.5. The fourth-order valence-corrected chi connectivity index (χ4v) is 2.83. The summed E-state index contributed by atoms with van der Waals surface area (Å²) in [6.07, 6.45) is 0.842. The molecule has 0 spiro atoms. The number of rotatable bonds is 5. The van der Waals surface area contributed by atoms with Crippen molar-refractivity contribution in [1.29, 1.82) is 0 Å². The quantitative estimate of drug-likeness (QED) is 0.669. The maximum atomic E-state index is 12.5. The first-order valence-electron chi connectivity index (χ1n) is 8.94. The van der Waals surface area contributed by atoms with Crippen molar-refractivity contribution in [2.75, 3.05) is 10.6 Å². The summed E-state index contributed by atoms with van der Waals surface area (Å²) in [6.45, 7) is 3.99. The lowest BCUT2D eigenvalue weighted by Gasteiger charge is -2.10. The third-order valence-electron chi connectivity index (χ3n) is 4.45. The molecule has 0 atom stereocenters. The second-order valence-electron chi connectivity index (χ2n) is 6.31. The van der Waals surface area contributed by atoms with Crippen LogP contribution in [0.2, 0.25) is 0 Å². The van der Waals surface area contributed by atoms with E-state index in [9.17, 15) is 9.59 Å². The molecule has 0 unspecified atom stereocenters. The highest BCUT2D eigenvalue weighted by Gasteiger charge is 2.11. The molecule has 0 heterocycles. The van der Waals surface area contributed by atoms with Crippen LogP contribution in [-0.2, 0) is 6.42 Å². The Morgan fingerprint density at radius 1 is 0.704 bits per heavy atom. The van der Waals surface area contributed by atoms with Gasteiger partial charge in [-0.25, -0.2) is 0 Å². The van der Waals surface area contributed by atoms with Crippen LogP contribution in [0.15, 0.2) is 72.8 Å². The van der Waals surface area contributed by atoms with Crippen molar-refractivity contribution >= 4 is 23.2 Å². The van der Waals surface area contributed by atoms with Crippen molar-refractivity contribution < 1.29 is 9.59 Å². The SMILES string of the molecule is CCc1ccccc1NC(=O)c1ccc(C(=O)Nc2ccccc2C)cc1. The predicted octanol–water partition coefficient (Wildman–Crippen LogP) is 5.06. The van der Waals surface area contributed by atoms with Gasteiger partial charge < -0.3 is 10.6 Å². The van der Waals surface area contributed by atoms with Crippen molar-refractivity contribution in [3.05, 3.63) is 95.1 Å². The maximum absolute atomic E-state index is 12.5. The van der Waals surface area contributed by atoms with Gasteiger partial charge in [-0.05, 0) is 60.9 Å². The van der Waals surface area contributed by atoms with E-state index in [2.05, 4.69) is 10.6 Å². The van der Waals surface area contributed by atoms with Gasteiger partial charge >= 0.3 is 0 Å². The monoisotopic (exact) mass is 358 g/mol. The van der Waals surface area contributed by atoms with Crippen LogP contribution in [0.1, 0.15) is 38.8 Å². The third-order valence-corrected chi connectivity index (χ3v) is 4.45. The summed E-state index contributed by atoms with van der Waals surface area (Å²) < 4.78 is 0. The molecule has 0 bridgehead atoms. The smallest absolute Gasteiger partial charge is 0.255 e. The van der Waals surface area contributed by atoms with Crippen LogP contribution in [-0.4, -0.2) is 11.8 Å². The van der Waals surface area contributed by atoms with Crippen LogP contribution in [0.25, 0.3) is 0 Å². The van der Waals surface area contributed by atoms with Crippen molar-refractivity contribution in [3.8, 4) is 0 Å². The predicted molar refractivity (Wildman–Crippen MR) is 109 cm³/mol. The van der Waals surface area contributed by atoms with Crippen molar-refractivity contribution in [3.63, 3.8) is 0 Å². The number of carbonyl (C=O) groups excluding carboxylic acids is 2. The summed E-state index contributed by atoms with van der Waals surface area (Å²) in [6, 6.07) is 22.0. The van der Waals surface area contributed by atoms with Gasteiger partial charge in [0.05, 0.1) is 0 Å². The normalized spacial score (nSPS) is 10.3. The Kier molecular flexibility index (Phi) is 5.67. The number of anilines is 2. The van der Waals surface area contributed by atoms with Crippen LogP contribution in [0.5, 0.6) is 0 Å². The van der Waals surface area contributed by atoms with Crippen LogP contribution >= 0.6 is 0 Å². The van der Waals surface area contributed by atoms with E-state index in [-0.39, 0.29) is 11.8 Å². The molecular formula is C23H22N2O2. The molecule has 0 aliphatic carbocycles. The summed E-state index contributed by atoms with van der Waals surface area (Å²) in [4.78, 5) is 24.9. The van der Waals surface area contributed by atoms with Crippen molar-refractivity contribution in [2.45, 2.75) is 20.3 Å². The number of aryl methyl sites for hydroxylation is 2. The highest BCUT2D eigenvalue weighted by molar-refractivity contribution is 6.07. The fourth-order valence-electron chi connectivity index (χ4n) is 2.83. The molecule has 4 heteroatoms. The Balaban J connectivity index is 1.70. The Morgan fingerprint density at radius 2 is 1.19 bits per heavy atom. The van der Waals surface area contributed by atoms with E-state index in [0.29, 0.717) is 11.1 Å². The van der Waals surface area contributed by atoms with Gasteiger partial charge in [0.2, 0.25) is 0 Å². The molecule has 2 amide bonds. The summed E-state index contributed by atoms with van der Waals surface area (Å²) in [7, 11) is 0. The van der Waals surface area contributed by atoms with E-state index in [1.54, 1.807) is 24.3 Å². The molecule has 3 aromatic carbocycles. The summed E-state index contributed by atoms with van der Waals surface area (Å²) in [5.74, 6) is -0.394. The highest BCUT2D eigenvalue weighted by Crippen LogP contribution is 2.18. The van der Waals surface area contributed by atoms with Gasteiger partial charge in [0.25, 0.3) is 11.8 Å². The Morgan fingerprint density at radius 3 is 1.74 bits per heavy atom. The van der Waals surface area contributed by atoms with E-state index >= 15 is 0 Å². The van der Waals surface area contributed by atoms with Crippen LogP contribution in [0, 0.1) is 6.92 Å². The third kappa shape index (κ3) is 4.42. The van der Waals surface area contributed by atoms with E-state index in [4.69, 9.17) is 0 Å². The molecule has 27 heavy (non-hydrogen) atoms. The van der Waals surface area contributed by atoms with E-state index in [1.165, 1.54) is 0 Å². The van der Waals surface area contributed by atoms with Crippen molar-refractivity contribution in [1.82, 2.24) is 0 Å². The van der Waals surface area contributed by atoms with E-state index in [1.807, 2.05) is 62.4 Å². The topological polar surface area (TPSA) is 58.2 Å². The highest BCUT2D eigenvalue weighted by atomic mass is 16.2. The molecule has 3 aromatic rings. The average Bonchev–Trinajstić information content (AvgIpc) is 2.70. The molecule has 3 rings (SSSR count). The molecule has 0 fully saturated rings. The van der Waals surface area contributed by atoms with Gasteiger partial charge in [-0.3, -0.25) is 9.59 Å². The van der Waals surface area contributed by atoms with Gasteiger partial charge in [0.15, 0.2) is 0 Å². The van der Waals surface area contributed by atoms with E-state index < -0.39 is 0 Å². The van der Waals surface area contributed by atoms with Gasteiger partial charge in [0.1, 0.15) is 0 Å². The molecule has 0 aromatic heterocycles. The molecule has 0 aliphatic heterocycles. The number of para-hydroxylation sites is 2. The lowest BCUT2D eigenvalue weighted by Crippen LogP contribution is -2.15. The minimum Gasteiger partial charge on any atom is -0.322 e. The molecule has 0 saturated heterocycles. The summed E-state index contributed by atoms with van der Waals surface area (Å²) >= 11 is 0. The number of nitrogens with one attached hydrogen (secondary N) is 2. The lowest BCUT2D eigenvalue weighted by atomic mass is 10.1. The zero-order chi connectivity index (χ0) is 19.2. The number of hydrogen-bond acceptors (Lipinski definition) is 2. The Hall–Kier alpha value is -3.40. The van der Waals surface area contributed by atoms with Crippen LogP contribution < -0.4 is 10.6 Å². The Labute approximate surface area is 159 Å². The minimum atomic E-state index is -0.201. The van der Waals surface area contributed by atoms with Gasteiger partial charge in [0, 0.05) is 22.5 Å². The number of amides is 2. The average molecular weight is 358 g/mol. The summed E-state index contributed by atoms with van der Waals surface area (Å²) in [5.41, 5.74) is 4.68. The fraction of sp³-hybridized carbons (Fsp3) is 0.130. The molecule has 2 N–H and O–H groups in total. The first-order chi connectivity index (χ1) is 13.1. The first-order valence-corrected chi connectivity index (χ1v) is 8.94. The summed E-state index contributed by atoms with van der Waals surface area (Å²) in [5, 5.41) is 5.82. The number of benzene rings is 3. The zero-order valence-electron chi connectivity index (χ0n) is 15.5. The Bertz CT molecular complexity index is 962. The standard InChI is InChI=1S/C23H22N2O2/c1-3-17-9-5-7-11-21(17)25-23(27)19-14-12-18(13-15-19)22(26)24-20-10-6-4-8-16(20)2/h4-15H,3H2,1-2H3,(H,24,26)(H,25,27). The van der Waals surface area contributed by atoms with Crippen LogP contribution in [0.4, 0.5) is 11.4 Å². The second-order valence-corrected chi connectivity index (χ2v) is 6.31. The second kappa shape index (κ2) is 8.32. The molecular weight excluding hydrogens is 336 g/mol. The molecule has 0 radical (unpaired) electrons. The van der Waals surface area contributed by atoms with Gasteiger partial charge in [-0.15, -0.1) is 0 Å². The molecule has 4 nitrogen and oxygen atoms in total. The largest absolute Gasteiger partial charge is 0.322 e. The number of carbonyl (C=O) groups is 2. The number of hydrogen-bond donors (Lipinski definition) is 2. The van der Waals surface area contributed by atoms with E-state index in [0.717, 1.165) is 28.9 Å².